The van der Waals surface area contributed by atoms with Gasteiger partial charge in [0.2, 0.25) is 0 Å². The molecule has 0 amide bonds. The SMILES string of the molecule is CC(Nc1ccc(O)cc1)c1ccc2[nH]c(=O)[nH]c2c1. The topological polar surface area (TPSA) is 80.9 Å². The van der Waals surface area contributed by atoms with Crippen molar-refractivity contribution in [2.45, 2.75) is 13.0 Å². The summed E-state index contributed by atoms with van der Waals surface area (Å²) in [5.41, 5.74) is 3.40. The smallest absolute Gasteiger partial charge is 0.323 e. The Labute approximate surface area is 115 Å². The zero-order chi connectivity index (χ0) is 14.1. The van der Waals surface area contributed by atoms with Crippen molar-refractivity contribution in [3.05, 3.63) is 58.5 Å². The number of aromatic nitrogens is 2. The van der Waals surface area contributed by atoms with Crippen molar-refractivity contribution in [3.8, 4) is 5.75 Å². The average Bonchev–Trinajstić information content (AvgIpc) is 2.80. The van der Waals surface area contributed by atoms with Crippen molar-refractivity contribution >= 4 is 16.7 Å². The van der Waals surface area contributed by atoms with Crippen LogP contribution in [0, 0.1) is 0 Å². The molecule has 0 radical (unpaired) electrons. The molecule has 1 unspecified atom stereocenters. The van der Waals surface area contributed by atoms with E-state index >= 15 is 0 Å². The number of anilines is 1. The third-order valence-electron chi connectivity index (χ3n) is 3.29. The molecular weight excluding hydrogens is 254 g/mol. The second-order valence-electron chi connectivity index (χ2n) is 4.80. The summed E-state index contributed by atoms with van der Waals surface area (Å²) in [5.74, 6) is 0.245. The van der Waals surface area contributed by atoms with Crippen molar-refractivity contribution in [2.75, 3.05) is 5.32 Å². The van der Waals surface area contributed by atoms with E-state index in [-0.39, 0.29) is 17.5 Å². The van der Waals surface area contributed by atoms with Crippen LogP contribution in [0.4, 0.5) is 5.69 Å². The molecule has 0 bridgehead atoms. The molecule has 0 saturated heterocycles. The number of phenolic OH excluding ortho intramolecular Hbond substituents is 1. The van der Waals surface area contributed by atoms with Crippen LogP contribution in [-0.4, -0.2) is 15.1 Å². The number of fused-ring (bicyclic) bond motifs is 1. The summed E-state index contributed by atoms with van der Waals surface area (Å²) >= 11 is 0. The minimum absolute atomic E-state index is 0.0855. The molecule has 5 nitrogen and oxygen atoms in total. The molecule has 0 aliphatic heterocycles. The second kappa shape index (κ2) is 4.77. The first-order chi connectivity index (χ1) is 9.61. The van der Waals surface area contributed by atoms with Gasteiger partial charge in [-0.1, -0.05) is 6.07 Å². The Morgan fingerprint density at radius 1 is 1.05 bits per heavy atom. The van der Waals surface area contributed by atoms with E-state index in [1.165, 1.54) is 0 Å². The van der Waals surface area contributed by atoms with Crippen LogP contribution in [0.15, 0.2) is 47.3 Å². The van der Waals surface area contributed by atoms with Crippen LogP contribution in [0.5, 0.6) is 5.75 Å². The number of benzene rings is 2. The molecule has 1 atom stereocenters. The van der Waals surface area contributed by atoms with Gasteiger partial charge in [0.1, 0.15) is 5.75 Å². The lowest BCUT2D eigenvalue weighted by molar-refractivity contribution is 0.475. The molecule has 0 saturated carbocycles. The van der Waals surface area contributed by atoms with Gasteiger partial charge in [-0.2, -0.15) is 0 Å². The molecule has 3 aromatic rings. The highest BCUT2D eigenvalue weighted by atomic mass is 16.3. The van der Waals surface area contributed by atoms with E-state index < -0.39 is 0 Å². The van der Waals surface area contributed by atoms with Gasteiger partial charge in [-0.05, 0) is 48.9 Å². The highest BCUT2D eigenvalue weighted by Crippen LogP contribution is 2.22. The van der Waals surface area contributed by atoms with Gasteiger partial charge < -0.3 is 20.4 Å². The molecule has 0 spiro atoms. The molecule has 0 fully saturated rings. The lowest BCUT2D eigenvalue weighted by Crippen LogP contribution is -2.06. The highest BCUT2D eigenvalue weighted by Gasteiger charge is 2.07. The van der Waals surface area contributed by atoms with Crippen LogP contribution in [0.25, 0.3) is 11.0 Å². The van der Waals surface area contributed by atoms with Crippen LogP contribution in [-0.2, 0) is 0 Å². The van der Waals surface area contributed by atoms with Crippen molar-refractivity contribution in [2.24, 2.45) is 0 Å². The lowest BCUT2D eigenvalue weighted by Gasteiger charge is -2.15. The minimum Gasteiger partial charge on any atom is -0.508 e. The first kappa shape index (κ1) is 12.3. The van der Waals surface area contributed by atoms with Crippen molar-refractivity contribution in [1.82, 2.24) is 9.97 Å². The number of nitrogens with one attached hydrogen (secondary N) is 3. The number of phenols is 1. The van der Waals surface area contributed by atoms with Crippen LogP contribution in [0.1, 0.15) is 18.5 Å². The van der Waals surface area contributed by atoms with E-state index in [4.69, 9.17) is 0 Å². The fourth-order valence-corrected chi connectivity index (χ4v) is 2.21. The summed E-state index contributed by atoms with van der Waals surface area (Å²) in [4.78, 5) is 16.7. The molecule has 5 heteroatoms. The summed E-state index contributed by atoms with van der Waals surface area (Å²) in [6, 6.07) is 12.8. The Bertz CT molecular complexity index is 787. The lowest BCUT2D eigenvalue weighted by atomic mass is 10.1. The molecule has 20 heavy (non-hydrogen) atoms. The summed E-state index contributed by atoms with van der Waals surface area (Å²) in [6.07, 6.45) is 0. The van der Waals surface area contributed by atoms with E-state index in [0.29, 0.717) is 0 Å². The van der Waals surface area contributed by atoms with E-state index in [9.17, 15) is 9.90 Å². The van der Waals surface area contributed by atoms with E-state index in [1.807, 2.05) is 37.3 Å². The van der Waals surface area contributed by atoms with Gasteiger partial charge in [0.15, 0.2) is 0 Å². The summed E-state index contributed by atoms with van der Waals surface area (Å²) in [6.45, 7) is 2.04. The third kappa shape index (κ3) is 2.38. The normalized spacial score (nSPS) is 12.4. The summed E-state index contributed by atoms with van der Waals surface area (Å²) in [7, 11) is 0. The Kier molecular flexibility index (Phi) is 2.95. The van der Waals surface area contributed by atoms with Gasteiger partial charge in [0.25, 0.3) is 0 Å². The zero-order valence-corrected chi connectivity index (χ0v) is 11.0. The average molecular weight is 269 g/mol. The predicted molar refractivity (Wildman–Crippen MR) is 79.1 cm³/mol. The van der Waals surface area contributed by atoms with Crippen molar-refractivity contribution in [3.63, 3.8) is 0 Å². The van der Waals surface area contributed by atoms with Crippen molar-refractivity contribution in [1.29, 1.82) is 0 Å². The first-order valence-electron chi connectivity index (χ1n) is 6.39. The van der Waals surface area contributed by atoms with Crippen molar-refractivity contribution < 1.29 is 5.11 Å². The zero-order valence-electron chi connectivity index (χ0n) is 11.0. The Morgan fingerprint density at radius 3 is 2.50 bits per heavy atom. The Balaban J connectivity index is 1.85. The highest BCUT2D eigenvalue weighted by molar-refractivity contribution is 5.75. The number of aromatic hydroxyl groups is 1. The molecule has 1 heterocycles. The standard InChI is InChI=1S/C15H15N3O2/c1-9(16-11-3-5-12(19)6-4-11)10-2-7-13-14(8-10)18-15(20)17-13/h2-9,16,19H,1H3,(H2,17,18,20). The first-order valence-corrected chi connectivity index (χ1v) is 6.39. The Morgan fingerprint density at radius 2 is 1.75 bits per heavy atom. The maximum atomic E-state index is 11.2. The maximum Gasteiger partial charge on any atom is 0.323 e. The Hall–Kier alpha value is -2.69. The van der Waals surface area contributed by atoms with Gasteiger partial charge in [0, 0.05) is 11.7 Å². The quantitative estimate of drug-likeness (QED) is 0.552. The number of hydrogen-bond donors (Lipinski definition) is 4. The molecule has 1 aromatic heterocycles. The monoisotopic (exact) mass is 269 g/mol. The number of aromatic amines is 2. The van der Waals surface area contributed by atoms with Gasteiger partial charge in [-0.3, -0.25) is 0 Å². The summed E-state index contributed by atoms with van der Waals surface area (Å²) in [5, 5.41) is 12.6. The largest absolute Gasteiger partial charge is 0.508 e. The minimum atomic E-state index is -0.198. The molecular formula is C15H15N3O2. The van der Waals surface area contributed by atoms with Gasteiger partial charge in [0.05, 0.1) is 11.0 Å². The summed E-state index contributed by atoms with van der Waals surface area (Å²) < 4.78 is 0. The van der Waals surface area contributed by atoms with E-state index in [1.54, 1.807) is 12.1 Å². The van der Waals surface area contributed by atoms with Crippen LogP contribution in [0.3, 0.4) is 0 Å². The molecule has 4 N–H and O–H groups in total. The van der Waals surface area contributed by atoms with Crippen LogP contribution < -0.4 is 11.0 Å². The number of H-pyrrole nitrogens is 2. The fraction of sp³-hybridized carbons (Fsp3) is 0.133. The third-order valence-corrected chi connectivity index (χ3v) is 3.29. The molecule has 0 aliphatic carbocycles. The van der Waals surface area contributed by atoms with Crippen LogP contribution >= 0.6 is 0 Å². The van der Waals surface area contributed by atoms with Gasteiger partial charge in [-0.15, -0.1) is 0 Å². The molecule has 102 valence electrons. The van der Waals surface area contributed by atoms with Gasteiger partial charge >= 0.3 is 5.69 Å². The second-order valence-corrected chi connectivity index (χ2v) is 4.80. The maximum absolute atomic E-state index is 11.2. The molecule has 0 aliphatic rings. The van der Waals surface area contributed by atoms with Crippen LogP contribution in [0.2, 0.25) is 0 Å². The van der Waals surface area contributed by atoms with Gasteiger partial charge in [-0.25, -0.2) is 4.79 Å². The van der Waals surface area contributed by atoms with E-state index in [0.717, 1.165) is 22.3 Å². The molecule has 3 rings (SSSR count). The number of hydrogen-bond acceptors (Lipinski definition) is 3. The number of rotatable bonds is 3. The number of imidazole rings is 1. The molecule has 2 aromatic carbocycles. The predicted octanol–water partition coefficient (Wildman–Crippen LogP) is 2.73. The fourth-order valence-electron chi connectivity index (χ4n) is 2.21. The van der Waals surface area contributed by atoms with E-state index in [2.05, 4.69) is 15.3 Å².